The predicted molar refractivity (Wildman–Crippen MR) is 126 cm³/mol. The molecule has 3 rings (SSSR count). The third-order valence-electron chi connectivity index (χ3n) is 4.20. The zero-order valence-corrected chi connectivity index (χ0v) is 19.2. The first-order chi connectivity index (χ1) is 15.5. The van der Waals surface area contributed by atoms with Crippen LogP contribution in [0, 0.1) is 0 Å². The van der Waals surface area contributed by atoms with Crippen molar-refractivity contribution in [1.82, 2.24) is 5.43 Å². The molecule has 0 aliphatic rings. The summed E-state index contributed by atoms with van der Waals surface area (Å²) in [4.78, 5) is 12.0. The Hall–Kier alpha value is -2.93. The number of benzene rings is 3. The van der Waals surface area contributed by atoms with E-state index in [1.54, 1.807) is 60.7 Å². The van der Waals surface area contributed by atoms with Gasteiger partial charge in [0.15, 0.2) is 18.1 Å². The van der Waals surface area contributed by atoms with Crippen molar-refractivity contribution < 1.29 is 19.0 Å². The second-order valence-electron chi connectivity index (χ2n) is 6.42. The van der Waals surface area contributed by atoms with Crippen LogP contribution < -0.4 is 19.6 Å². The molecule has 6 nitrogen and oxygen atoms in total. The summed E-state index contributed by atoms with van der Waals surface area (Å²) in [6.45, 7) is -0.0488. The molecule has 166 valence electrons. The minimum Gasteiger partial charge on any atom is -0.493 e. The van der Waals surface area contributed by atoms with Gasteiger partial charge in [0.2, 0.25) is 0 Å². The van der Waals surface area contributed by atoms with Gasteiger partial charge in [0, 0.05) is 21.2 Å². The lowest BCUT2D eigenvalue weighted by atomic mass is 10.2. The Bertz CT molecular complexity index is 1120. The summed E-state index contributed by atoms with van der Waals surface area (Å²) in [5.74, 6) is 0.927. The zero-order valence-electron chi connectivity index (χ0n) is 17.0. The Morgan fingerprint density at radius 3 is 2.50 bits per heavy atom. The van der Waals surface area contributed by atoms with Crippen molar-refractivity contribution in [3.63, 3.8) is 0 Å². The highest BCUT2D eigenvalue weighted by Gasteiger charge is 2.11. The van der Waals surface area contributed by atoms with Gasteiger partial charge < -0.3 is 14.2 Å². The molecule has 3 aromatic rings. The molecule has 0 heterocycles. The van der Waals surface area contributed by atoms with Gasteiger partial charge in [0.1, 0.15) is 12.4 Å². The van der Waals surface area contributed by atoms with E-state index in [1.165, 1.54) is 13.3 Å². The second-order valence-corrected chi connectivity index (χ2v) is 7.67. The van der Waals surface area contributed by atoms with E-state index >= 15 is 0 Å². The van der Waals surface area contributed by atoms with Crippen LogP contribution in [0.2, 0.25) is 15.1 Å². The maximum Gasteiger partial charge on any atom is 0.277 e. The molecule has 0 unspecified atom stereocenters. The monoisotopic (exact) mass is 492 g/mol. The molecule has 32 heavy (non-hydrogen) atoms. The third kappa shape index (κ3) is 6.53. The molecule has 0 saturated carbocycles. The second kappa shape index (κ2) is 11.6. The van der Waals surface area contributed by atoms with Crippen LogP contribution in [0.1, 0.15) is 11.1 Å². The number of hydrogen-bond donors (Lipinski definition) is 1. The van der Waals surface area contributed by atoms with Crippen LogP contribution in [0.5, 0.6) is 17.2 Å². The number of hydrazone groups is 1. The standard InChI is InChI=1S/C23H19Cl3N2O4/c1-30-21-8-4-5-15(23(21)32-13-16-9-10-17(24)11-19(16)26)12-27-28-22(29)14-31-20-7-3-2-6-18(20)25/h2-12H,13-14H2,1H3,(H,28,29)/b27-12-. The summed E-state index contributed by atoms with van der Waals surface area (Å²) in [7, 11) is 1.53. The Morgan fingerprint density at radius 2 is 1.75 bits per heavy atom. The van der Waals surface area contributed by atoms with Gasteiger partial charge in [-0.15, -0.1) is 0 Å². The zero-order chi connectivity index (χ0) is 22.9. The summed E-state index contributed by atoms with van der Waals surface area (Å²) >= 11 is 18.2. The maximum atomic E-state index is 12.0. The number of carbonyl (C=O) groups is 1. The quantitative estimate of drug-likeness (QED) is 0.304. The fourth-order valence-electron chi connectivity index (χ4n) is 2.65. The first-order valence-corrected chi connectivity index (χ1v) is 10.5. The van der Waals surface area contributed by atoms with Crippen LogP contribution in [-0.4, -0.2) is 25.8 Å². The number of nitrogens with zero attached hydrogens (tertiary/aromatic N) is 1. The molecular formula is C23H19Cl3N2O4. The maximum absolute atomic E-state index is 12.0. The van der Waals surface area contributed by atoms with Gasteiger partial charge >= 0.3 is 0 Å². The molecule has 9 heteroatoms. The topological polar surface area (TPSA) is 69.2 Å². The normalized spacial score (nSPS) is 10.8. The van der Waals surface area contributed by atoms with Gasteiger partial charge in [-0.25, -0.2) is 5.43 Å². The van der Waals surface area contributed by atoms with E-state index in [-0.39, 0.29) is 13.2 Å². The number of nitrogens with one attached hydrogen (secondary N) is 1. The number of amides is 1. The van der Waals surface area contributed by atoms with Crippen molar-refractivity contribution in [1.29, 1.82) is 0 Å². The summed E-state index contributed by atoms with van der Waals surface area (Å²) in [6, 6.07) is 17.4. The Morgan fingerprint density at radius 1 is 0.969 bits per heavy atom. The van der Waals surface area contributed by atoms with Crippen LogP contribution in [0.4, 0.5) is 0 Å². The summed E-state index contributed by atoms with van der Waals surface area (Å²) in [5, 5.41) is 5.43. The van der Waals surface area contributed by atoms with E-state index in [1.807, 2.05) is 0 Å². The minimum atomic E-state index is -0.445. The molecule has 0 atom stereocenters. The van der Waals surface area contributed by atoms with E-state index in [9.17, 15) is 4.79 Å². The van der Waals surface area contributed by atoms with Gasteiger partial charge in [-0.05, 0) is 36.4 Å². The van der Waals surface area contributed by atoms with Gasteiger partial charge in [0.05, 0.1) is 18.3 Å². The van der Waals surface area contributed by atoms with E-state index in [2.05, 4.69) is 10.5 Å². The van der Waals surface area contributed by atoms with Crippen molar-refractivity contribution in [3.05, 3.63) is 86.9 Å². The van der Waals surface area contributed by atoms with Crippen LogP contribution >= 0.6 is 34.8 Å². The molecule has 0 radical (unpaired) electrons. The van der Waals surface area contributed by atoms with Gasteiger partial charge in [0.25, 0.3) is 5.91 Å². The molecule has 0 saturated heterocycles. The number of ether oxygens (including phenoxy) is 3. The lowest BCUT2D eigenvalue weighted by Gasteiger charge is -2.14. The fourth-order valence-corrected chi connectivity index (χ4v) is 3.30. The van der Waals surface area contributed by atoms with Crippen molar-refractivity contribution in [2.45, 2.75) is 6.61 Å². The number of carbonyl (C=O) groups excluding carboxylic acids is 1. The average molecular weight is 494 g/mol. The van der Waals surface area contributed by atoms with Gasteiger partial charge in [-0.1, -0.05) is 59.1 Å². The molecule has 0 aliphatic heterocycles. The minimum absolute atomic E-state index is 0.190. The summed E-state index contributed by atoms with van der Waals surface area (Å²) in [6.07, 6.45) is 1.45. The van der Waals surface area contributed by atoms with E-state index < -0.39 is 5.91 Å². The molecule has 0 bridgehead atoms. The first-order valence-electron chi connectivity index (χ1n) is 9.41. The van der Waals surface area contributed by atoms with E-state index in [4.69, 9.17) is 49.0 Å². The highest BCUT2D eigenvalue weighted by Crippen LogP contribution is 2.32. The molecule has 1 amide bonds. The average Bonchev–Trinajstić information content (AvgIpc) is 2.78. The van der Waals surface area contributed by atoms with Crippen LogP contribution in [0.3, 0.4) is 0 Å². The lowest BCUT2D eigenvalue weighted by molar-refractivity contribution is -0.123. The van der Waals surface area contributed by atoms with Crippen LogP contribution in [0.25, 0.3) is 0 Å². The predicted octanol–water partition coefficient (Wildman–Crippen LogP) is 5.76. The fraction of sp³-hybridized carbons (Fsp3) is 0.130. The highest BCUT2D eigenvalue weighted by molar-refractivity contribution is 6.35. The van der Waals surface area contributed by atoms with E-state index in [0.717, 1.165) is 5.56 Å². The lowest BCUT2D eigenvalue weighted by Crippen LogP contribution is -2.24. The number of halogens is 3. The molecule has 0 spiro atoms. The van der Waals surface area contributed by atoms with Crippen molar-refractivity contribution in [3.8, 4) is 17.2 Å². The van der Waals surface area contributed by atoms with Crippen molar-refractivity contribution >= 4 is 46.9 Å². The SMILES string of the molecule is COc1cccc(/C=N\NC(=O)COc2ccccc2Cl)c1OCc1ccc(Cl)cc1Cl. The Labute approximate surface area is 200 Å². The first kappa shape index (κ1) is 23.7. The third-order valence-corrected chi connectivity index (χ3v) is 5.10. The highest BCUT2D eigenvalue weighted by atomic mass is 35.5. The van der Waals surface area contributed by atoms with Crippen molar-refractivity contribution in [2.24, 2.45) is 5.10 Å². The molecule has 3 aromatic carbocycles. The number of para-hydroxylation sites is 2. The smallest absolute Gasteiger partial charge is 0.277 e. The molecular weight excluding hydrogens is 475 g/mol. The summed E-state index contributed by atoms with van der Waals surface area (Å²) in [5.41, 5.74) is 3.76. The number of methoxy groups -OCH3 is 1. The molecule has 0 aliphatic carbocycles. The summed E-state index contributed by atoms with van der Waals surface area (Å²) < 4.78 is 16.7. The number of rotatable bonds is 9. The number of hydrogen-bond acceptors (Lipinski definition) is 5. The van der Waals surface area contributed by atoms with Gasteiger partial charge in [-0.2, -0.15) is 5.10 Å². The van der Waals surface area contributed by atoms with Crippen LogP contribution in [0.15, 0.2) is 65.8 Å². The molecule has 0 aromatic heterocycles. The molecule has 0 fully saturated rings. The Kier molecular flexibility index (Phi) is 8.62. The van der Waals surface area contributed by atoms with E-state index in [0.29, 0.717) is 37.9 Å². The molecule has 1 N–H and O–H groups in total. The Balaban J connectivity index is 1.64. The largest absolute Gasteiger partial charge is 0.493 e. The van der Waals surface area contributed by atoms with Crippen LogP contribution in [-0.2, 0) is 11.4 Å². The van der Waals surface area contributed by atoms with Gasteiger partial charge in [-0.3, -0.25) is 4.79 Å². The van der Waals surface area contributed by atoms with Crippen molar-refractivity contribution in [2.75, 3.05) is 13.7 Å².